The van der Waals surface area contributed by atoms with Gasteiger partial charge in [0.05, 0.1) is 19.3 Å². The molecule has 0 atom stereocenters. The van der Waals surface area contributed by atoms with E-state index in [9.17, 15) is 0 Å². The fourth-order valence-corrected chi connectivity index (χ4v) is 2.26. The first-order valence-corrected chi connectivity index (χ1v) is 5.95. The van der Waals surface area contributed by atoms with Gasteiger partial charge in [-0.1, -0.05) is 6.07 Å². The van der Waals surface area contributed by atoms with Crippen molar-refractivity contribution in [3.63, 3.8) is 0 Å². The lowest BCUT2D eigenvalue weighted by atomic mass is 9.88. The van der Waals surface area contributed by atoms with Crippen LogP contribution in [0.15, 0.2) is 17.5 Å². The van der Waals surface area contributed by atoms with E-state index in [2.05, 4.69) is 28.9 Å². The molecule has 1 aromatic rings. The van der Waals surface area contributed by atoms with Gasteiger partial charge in [0.25, 0.3) is 0 Å². The third kappa shape index (κ3) is 2.57. The van der Waals surface area contributed by atoms with E-state index >= 15 is 0 Å². The minimum Gasteiger partial charge on any atom is -0.378 e. The molecule has 1 fully saturated rings. The van der Waals surface area contributed by atoms with Crippen molar-refractivity contribution in [3.8, 4) is 6.07 Å². The van der Waals surface area contributed by atoms with Gasteiger partial charge in [-0.2, -0.15) is 5.26 Å². The molecule has 0 radical (unpaired) electrons. The van der Waals surface area contributed by atoms with Crippen LogP contribution in [-0.4, -0.2) is 26.3 Å². The summed E-state index contributed by atoms with van der Waals surface area (Å²) in [6.07, 6.45) is 1.04. The van der Waals surface area contributed by atoms with Crippen LogP contribution in [0.3, 0.4) is 0 Å². The molecule has 1 aliphatic rings. The third-order valence-corrected chi connectivity index (χ3v) is 3.52. The zero-order chi connectivity index (χ0) is 10.6. The van der Waals surface area contributed by atoms with Gasteiger partial charge in [0.2, 0.25) is 0 Å². The minimum atomic E-state index is -0.255. The first kappa shape index (κ1) is 10.6. The maximum absolute atomic E-state index is 8.95. The highest BCUT2D eigenvalue weighted by atomic mass is 32.1. The molecule has 2 heterocycles. The molecular weight excluding hydrogens is 208 g/mol. The summed E-state index contributed by atoms with van der Waals surface area (Å²) in [5.41, 5.74) is -0.255. The predicted octanol–water partition coefficient (Wildman–Crippen LogP) is 1.42. The van der Waals surface area contributed by atoms with Gasteiger partial charge >= 0.3 is 0 Å². The van der Waals surface area contributed by atoms with Crippen molar-refractivity contribution < 1.29 is 4.74 Å². The summed E-state index contributed by atoms with van der Waals surface area (Å²) < 4.78 is 5.07. The molecule has 80 valence electrons. The molecule has 15 heavy (non-hydrogen) atoms. The molecule has 4 heteroatoms. The Balaban J connectivity index is 1.65. The molecule has 0 unspecified atom stereocenters. The summed E-state index contributed by atoms with van der Waals surface area (Å²) in [5.74, 6) is 0. The van der Waals surface area contributed by atoms with Crippen LogP contribution in [0.4, 0.5) is 0 Å². The minimum absolute atomic E-state index is 0.255. The van der Waals surface area contributed by atoms with Crippen LogP contribution >= 0.6 is 11.3 Å². The maximum atomic E-state index is 8.95. The van der Waals surface area contributed by atoms with E-state index in [0.717, 1.165) is 19.5 Å². The topological polar surface area (TPSA) is 45.0 Å². The molecule has 0 amide bonds. The summed E-state index contributed by atoms with van der Waals surface area (Å²) in [4.78, 5) is 1.39. The van der Waals surface area contributed by atoms with Crippen molar-refractivity contribution in [2.75, 3.05) is 26.3 Å². The summed E-state index contributed by atoms with van der Waals surface area (Å²) in [5, 5.41) is 14.4. The fourth-order valence-electron chi connectivity index (χ4n) is 1.55. The molecule has 0 saturated carbocycles. The largest absolute Gasteiger partial charge is 0.378 e. The average Bonchev–Trinajstić information content (AvgIpc) is 2.68. The van der Waals surface area contributed by atoms with Crippen LogP contribution in [0, 0.1) is 16.7 Å². The van der Waals surface area contributed by atoms with E-state index in [1.165, 1.54) is 4.88 Å². The van der Waals surface area contributed by atoms with E-state index in [4.69, 9.17) is 10.00 Å². The van der Waals surface area contributed by atoms with Gasteiger partial charge in [-0.15, -0.1) is 11.3 Å². The molecule has 1 saturated heterocycles. The molecule has 3 nitrogen and oxygen atoms in total. The highest BCUT2D eigenvalue weighted by Gasteiger charge is 2.38. The van der Waals surface area contributed by atoms with Crippen LogP contribution < -0.4 is 5.32 Å². The maximum Gasteiger partial charge on any atom is 0.116 e. The van der Waals surface area contributed by atoms with Crippen molar-refractivity contribution in [1.29, 1.82) is 5.26 Å². The standard InChI is InChI=1S/C11H14N2OS/c12-6-11(8-14-9-11)7-13-4-3-10-2-1-5-15-10/h1-2,5,13H,3-4,7-9H2. The number of nitriles is 1. The molecule has 0 bridgehead atoms. The summed E-state index contributed by atoms with van der Waals surface area (Å²) in [6.45, 7) is 2.84. The molecule has 1 aromatic heterocycles. The van der Waals surface area contributed by atoms with Crippen LogP contribution in [-0.2, 0) is 11.2 Å². The Morgan fingerprint density at radius 3 is 3.00 bits per heavy atom. The Morgan fingerprint density at radius 2 is 2.47 bits per heavy atom. The highest BCUT2D eigenvalue weighted by Crippen LogP contribution is 2.25. The average molecular weight is 222 g/mol. The first-order valence-electron chi connectivity index (χ1n) is 5.07. The number of nitrogens with one attached hydrogen (secondary N) is 1. The van der Waals surface area contributed by atoms with Crippen molar-refractivity contribution in [1.82, 2.24) is 5.32 Å². The van der Waals surface area contributed by atoms with Gasteiger partial charge in [-0.3, -0.25) is 0 Å². The van der Waals surface area contributed by atoms with Crippen LogP contribution in [0.25, 0.3) is 0 Å². The second-order valence-corrected chi connectivity index (χ2v) is 4.92. The number of hydrogen-bond acceptors (Lipinski definition) is 4. The number of hydrogen-bond donors (Lipinski definition) is 1. The lowest BCUT2D eigenvalue weighted by Crippen LogP contribution is -2.48. The Bertz CT molecular complexity index is 338. The third-order valence-electron chi connectivity index (χ3n) is 2.59. The molecule has 0 aliphatic carbocycles. The molecular formula is C11H14N2OS. The summed E-state index contributed by atoms with van der Waals surface area (Å²) in [7, 11) is 0. The molecule has 2 rings (SSSR count). The first-order chi connectivity index (χ1) is 7.35. The van der Waals surface area contributed by atoms with Crippen LogP contribution in [0.1, 0.15) is 4.88 Å². The zero-order valence-corrected chi connectivity index (χ0v) is 9.35. The number of ether oxygens (including phenoxy) is 1. The second-order valence-electron chi connectivity index (χ2n) is 3.89. The van der Waals surface area contributed by atoms with Gasteiger partial charge in [0, 0.05) is 18.0 Å². The van der Waals surface area contributed by atoms with E-state index in [-0.39, 0.29) is 5.41 Å². The Morgan fingerprint density at radius 1 is 1.60 bits per heavy atom. The van der Waals surface area contributed by atoms with Gasteiger partial charge < -0.3 is 10.1 Å². The zero-order valence-electron chi connectivity index (χ0n) is 8.53. The van der Waals surface area contributed by atoms with E-state index in [0.29, 0.717) is 13.2 Å². The number of nitrogens with zero attached hydrogens (tertiary/aromatic N) is 1. The molecule has 0 spiro atoms. The monoisotopic (exact) mass is 222 g/mol. The van der Waals surface area contributed by atoms with Crippen molar-refractivity contribution in [3.05, 3.63) is 22.4 Å². The number of thiophene rings is 1. The number of rotatable bonds is 5. The predicted molar refractivity (Wildman–Crippen MR) is 59.8 cm³/mol. The molecule has 0 aromatic carbocycles. The van der Waals surface area contributed by atoms with Gasteiger partial charge in [0.1, 0.15) is 5.41 Å². The molecule has 1 aliphatic heterocycles. The van der Waals surface area contributed by atoms with Crippen molar-refractivity contribution >= 4 is 11.3 Å². The van der Waals surface area contributed by atoms with Crippen molar-refractivity contribution in [2.45, 2.75) is 6.42 Å². The normalized spacial score (nSPS) is 18.1. The van der Waals surface area contributed by atoms with Crippen LogP contribution in [0.5, 0.6) is 0 Å². The Kier molecular flexibility index (Phi) is 3.37. The lowest BCUT2D eigenvalue weighted by molar-refractivity contribution is -0.0752. The Labute approximate surface area is 93.7 Å². The fraction of sp³-hybridized carbons (Fsp3) is 0.545. The second kappa shape index (κ2) is 4.75. The van der Waals surface area contributed by atoms with Gasteiger partial charge in [-0.05, 0) is 17.9 Å². The molecule has 1 N–H and O–H groups in total. The quantitative estimate of drug-likeness (QED) is 0.766. The summed E-state index contributed by atoms with van der Waals surface area (Å²) in [6, 6.07) is 6.53. The van der Waals surface area contributed by atoms with Crippen LogP contribution in [0.2, 0.25) is 0 Å². The highest BCUT2D eigenvalue weighted by molar-refractivity contribution is 7.09. The van der Waals surface area contributed by atoms with Gasteiger partial charge in [-0.25, -0.2) is 0 Å². The van der Waals surface area contributed by atoms with E-state index < -0.39 is 0 Å². The van der Waals surface area contributed by atoms with Crippen molar-refractivity contribution in [2.24, 2.45) is 5.41 Å². The summed E-state index contributed by atoms with van der Waals surface area (Å²) >= 11 is 1.78. The van der Waals surface area contributed by atoms with E-state index in [1.54, 1.807) is 11.3 Å². The smallest absolute Gasteiger partial charge is 0.116 e. The van der Waals surface area contributed by atoms with E-state index in [1.807, 2.05) is 0 Å². The SMILES string of the molecule is N#CC1(CNCCc2cccs2)COC1. The Hall–Kier alpha value is -0.890. The van der Waals surface area contributed by atoms with Gasteiger partial charge in [0.15, 0.2) is 0 Å². The lowest BCUT2D eigenvalue weighted by Gasteiger charge is -2.35.